The molecule has 0 saturated heterocycles. The van der Waals surface area contributed by atoms with Crippen LogP contribution in [0.3, 0.4) is 0 Å². The molecule has 18 heavy (non-hydrogen) atoms. The number of nitrogens with two attached hydrogens (primary N) is 1. The normalized spacial score (nSPS) is 14.9. The van der Waals surface area contributed by atoms with Crippen molar-refractivity contribution in [1.29, 1.82) is 0 Å². The minimum absolute atomic E-state index is 0.442. The fourth-order valence-electron chi connectivity index (χ4n) is 2.05. The van der Waals surface area contributed by atoms with Gasteiger partial charge in [0.1, 0.15) is 5.82 Å². The van der Waals surface area contributed by atoms with Crippen molar-refractivity contribution in [3.05, 3.63) is 11.8 Å². The molecule has 0 radical (unpaired) electrons. The van der Waals surface area contributed by atoms with Crippen molar-refractivity contribution in [3.63, 3.8) is 0 Å². The van der Waals surface area contributed by atoms with E-state index in [9.17, 15) is 0 Å². The first kappa shape index (κ1) is 13.0. The van der Waals surface area contributed by atoms with E-state index in [1.54, 1.807) is 6.20 Å². The summed E-state index contributed by atoms with van der Waals surface area (Å²) in [6.45, 7) is 7.26. The predicted molar refractivity (Wildman–Crippen MR) is 73.3 cm³/mol. The lowest BCUT2D eigenvalue weighted by molar-refractivity contribution is 0.289. The standard InChI is InChI=1S/C12H22N6/c1-3-18(10-4-5-10)7-6-14-11-9(2)8-15-12(16-11)17-13/h8,10H,3-7,13H2,1-2H3,(H2,14,15,16,17). The van der Waals surface area contributed by atoms with Crippen LogP contribution in [0.25, 0.3) is 0 Å². The van der Waals surface area contributed by atoms with Gasteiger partial charge in [-0.15, -0.1) is 0 Å². The van der Waals surface area contributed by atoms with Crippen molar-refractivity contribution in [2.75, 3.05) is 30.4 Å². The van der Waals surface area contributed by atoms with Crippen LogP contribution in [-0.4, -0.2) is 40.5 Å². The maximum Gasteiger partial charge on any atom is 0.239 e. The lowest BCUT2D eigenvalue weighted by Gasteiger charge is -2.20. The summed E-state index contributed by atoms with van der Waals surface area (Å²) in [5, 5.41) is 3.35. The van der Waals surface area contributed by atoms with Gasteiger partial charge < -0.3 is 5.32 Å². The minimum atomic E-state index is 0.442. The number of aromatic nitrogens is 2. The van der Waals surface area contributed by atoms with E-state index in [0.29, 0.717) is 5.95 Å². The Bertz CT molecular complexity index is 390. The zero-order valence-electron chi connectivity index (χ0n) is 11.1. The number of nitrogen functional groups attached to an aromatic ring is 1. The van der Waals surface area contributed by atoms with Crippen molar-refractivity contribution in [3.8, 4) is 0 Å². The maximum absolute atomic E-state index is 5.30. The second-order valence-corrected chi connectivity index (χ2v) is 4.66. The number of likely N-dealkylation sites (N-methyl/N-ethyl adjacent to an activating group) is 1. The molecular weight excluding hydrogens is 228 g/mol. The molecule has 0 unspecified atom stereocenters. The molecule has 0 spiro atoms. The topological polar surface area (TPSA) is 79.1 Å². The summed E-state index contributed by atoms with van der Waals surface area (Å²) >= 11 is 0. The molecule has 1 aliphatic rings. The largest absolute Gasteiger partial charge is 0.368 e. The number of nitrogens with zero attached hydrogens (tertiary/aromatic N) is 3. The summed E-state index contributed by atoms with van der Waals surface area (Å²) in [4.78, 5) is 10.9. The van der Waals surface area contributed by atoms with Crippen LogP contribution in [0.1, 0.15) is 25.3 Å². The molecule has 1 fully saturated rings. The first-order valence-electron chi connectivity index (χ1n) is 6.52. The van der Waals surface area contributed by atoms with Gasteiger partial charge in [0.15, 0.2) is 0 Å². The Balaban J connectivity index is 1.85. The SMILES string of the molecule is CCN(CCNc1nc(NN)ncc1C)C1CC1. The molecule has 4 N–H and O–H groups in total. The number of anilines is 2. The molecule has 1 aromatic heterocycles. The molecule has 1 aromatic rings. The molecule has 1 aliphatic carbocycles. The molecule has 0 atom stereocenters. The lowest BCUT2D eigenvalue weighted by Crippen LogP contribution is -2.31. The molecule has 1 saturated carbocycles. The summed E-state index contributed by atoms with van der Waals surface area (Å²) < 4.78 is 0. The molecule has 0 amide bonds. The molecule has 1 heterocycles. The van der Waals surface area contributed by atoms with Crippen LogP contribution < -0.4 is 16.6 Å². The van der Waals surface area contributed by atoms with Crippen molar-refractivity contribution in [2.24, 2.45) is 5.84 Å². The molecule has 0 aromatic carbocycles. The van der Waals surface area contributed by atoms with Gasteiger partial charge in [0.2, 0.25) is 5.95 Å². The van der Waals surface area contributed by atoms with E-state index in [2.05, 4.69) is 32.5 Å². The number of hydrogen-bond donors (Lipinski definition) is 3. The summed E-state index contributed by atoms with van der Waals surface area (Å²) in [6.07, 6.45) is 4.46. The van der Waals surface area contributed by atoms with E-state index >= 15 is 0 Å². The Kier molecular flexibility index (Phi) is 4.33. The molecule has 6 nitrogen and oxygen atoms in total. The van der Waals surface area contributed by atoms with E-state index in [1.807, 2.05) is 6.92 Å². The predicted octanol–water partition coefficient (Wildman–Crippen LogP) is 0.967. The average molecular weight is 250 g/mol. The van der Waals surface area contributed by atoms with E-state index in [0.717, 1.165) is 37.1 Å². The summed E-state index contributed by atoms with van der Waals surface area (Å²) in [5.74, 6) is 6.60. The molecular formula is C12H22N6. The number of hydrogen-bond acceptors (Lipinski definition) is 6. The first-order valence-corrected chi connectivity index (χ1v) is 6.52. The maximum atomic E-state index is 5.30. The second-order valence-electron chi connectivity index (χ2n) is 4.66. The Morgan fingerprint density at radius 3 is 2.89 bits per heavy atom. The monoisotopic (exact) mass is 250 g/mol. The van der Waals surface area contributed by atoms with Gasteiger partial charge >= 0.3 is 0 Å². The van der Waals surface area contributed by atoms with Gasteiger partial charge in [0.25, 0.3) is 0 Å². The molecule has 6 heteroatoms. The van der Waals surface area contributed by atoms with Gasteiger partial charge in [-0.3, -0.25) is 10.3 Å². The van der Waals surface area contributed by atoms with Crippen LogP contribution in [0, 0.1) is 6.92 Å². The van der Waals surface area contributed by atoms with E-state index in [4.69, 9.17) is 5.84 Å². The average Bonchev–Trinajstić information content (AvgIpc) is 3.21. The smallest absolute Gasteiger partial charge is 0.239 e. The summed E-state index contributed by atoms with van der Waals surface area (Å²) in [6, 6.07) is 0.810. The van der Waals surface area contributed by atoms with Crippen LogP contribution >= 0.6 is 0 Å². The van der Waals surface area contributed by atoms with Gasteiger partial charge in [0.05, 0.1) is 0 Å². The Labute approximate surface area is 108 Å². The zero-order valence-corrected chi connectivity index (χ0v) is 11.1. The van der Waals surface area contributed by atoms with Crippen molar-refractivity contribution in [1.82, 2.24) is 14.9 Å². The highest BCUT2D eigenvalue weighted by Gasteiger charge is 2.27. The van der Waals surface area contributed by atoms with Crippen LogP contribution in [0.15, 0.2) is 6.20 Å². The molecule has 0 aliphatic heterocycles. The van der Waals surface area contributed by atoms with Crippen LogP contribution in [0.5, 0.6) is 0 Å². The second kappa shape index (κ2) is 5.97. The number of aryl methyl sites for hydroxylation is 1. The van der Waals surface area contributed by atoms with Gasteiger partial charge in [-0.25, -0.2) is 10.8 Å². The van der Waals surface area contributed by atoms with E-state index in [1.165, 1.54) is 12.8 Å². The van der Waals surface area contributed by atoms with Gasteiger partial charge in [-0.05, 0) is 26.3 Å². The number of hydrazine groups is 1. The Morgan fingerprint density at radius 2 is 2.28 bits per heavy atom. The van der Waals surface area contributed by atoms with Crippen molar-refractivity contribution in [2.45, 2.75) is 32.7 Å². The Hall–Kier alpha value is -1.40. The highest BCUT2D eigenvalue weighted by atomic mass is 15.3. The van der Waals surface area contributed by atoms with Crippen LogP contribution in [0.4, 0.5) is 11.8 Å². The Morgan fingerprint density at radius 1 is 1.50 bits per heavy atom. The van der Waals surface area contributed by atoms with Crippen molar-refractivity contribution < 1.29 is 0 Å². The van der Waals surface area contributed by atoms with Crippen molar-refractivity contribution >= 4 is 11.8 Å². The first-order chi connectivity index (χ1) is 8.74. The van der Waals surface area contributed by atoms with E-state index < -0.39 is 0 Å². The van der Waals surface area contributed by atoms with E-state index in [-0.39, 0.29) is 0 Å². The number of rotatable bonds is 7. The van der Waals surface area contributed by atoms with Gasteiger partial charge in [-0.2, -0.15) is 4.98 Å². The van der Waals surface area contributed by atoms with Gasteiger partial charge in [-0.1, -0.05) is 6.92 Å². The fourth-order valence-corrected chi connectivity index (χ4v) is 2.05. The third-order valence-electron chi connectivity index (χ3n) is 3.26. The quantitative estimate of drug-likeness (QED) is 0.494. The third-order valence-corrected chi connectivity index (χ3v) is 3.26. The molecule has 0 bridgehead atoms. The highest BCUT2D eigenvalue weighted by molar-refractivity contribution is 5.45. The summed E-state index contributed by atoms with van der Waals surface area (Å²) in [7, 11) is 0. The highest BCUT2D eigenvalue weighted by Crippen LogP contribution is 2.26. The van der Waals surface area contributed by atoms with Crippen LogP contribution in [0.2, 0.25) is 0 Å². The summed E-state index contributed by atoms with van der Waals surface area (Å²) in [5.41, 5.74) is 3.49. The molecule has 2 rings (SSSR count). The van der Waals surface area contributed by atoms with Crippen LogP contribution in [-0.2, 0) is 0 Å². The lowest BCUT2D eigenvalue weighted by atomic mass is 10.3. The minimum Gasteiger partial charge on any atom is -0.368 e. The van der Waals surface area contributed by atoms with Gasteiger partial charge in [0, 0.05) is 30.9 Å². The molecule has 100 valence electrons. The zero-order chi connectivity index (χ0) is 13.0. The number of nitrogens with one attached hydrogen (secondary N) is 2. The third kappa shape index (κ3) is 3.30. The fraction of sp³-hybridized carbons (Fsp3) is 0.667.